The number of halogens is 1. The van der Waals surface area contributed by atoms with E-state index in [1.165, 1.54) is 38.4 Å². The van der Waals surface area contributed by atoms with Crippen molar-refractivity contribution in [1.82, 2.24) is 9.80 Å². The molecule has 0 spiro atoms. The highest BCUT2D eigenvalue weighted by atomic mass is 19.1. The topological polar surface area (TPSA) is 32.5 Å². The zero-order chi connectivity index (χ0) is 13.9. The van der Waals surface area contributed by atoms with Crippen molar-refractivity contribution in [2.45, 2.75) is 38.4 Å². The lowest BCUT2D eigenvalue weighted by atomic mass is 10.1. The molecule has 20 heavy (non-hydrogen) atoms. The first-order chi connectivity index (χ1) is 9.76. The minimum Gasteiger partial charge on any atom is -0.326 e. The largest absolute Gasteiger partial charge is 0.326 e. The second-order valence-electron chi connectivity index (χ2n) is 6.04. The van der Waals surface area contributed by atoms with Gasteiger partial charge < -0.3 is 5.73 Å². The van der Waals surface area contributed by atoms with Crippen LogP contribution in [0.5, 0.6) is 0 Å². The maximum Gasteiger partial charge on any atom is 0.123 e. The monoisotopic (exact) mass is 277 g/mol. The lowest BCUT2D eigenvalue weighted by Gasteiger charge is -2.26. The SMILES string of the molecule is NCc1ccc(F)cc1CN1CCCN2CCCC2C1. The summed E-state index contributed by atoms with van der Waals surface area (Å²) in [7, 11) is 0. The van der Waals surface area contributed by atoms with Crippen LogP contribution in [0.4, 0.5) is 4.39 Å². The van der Waals surface area contributed by atoms with Crippen molar-refractivity contribution in [2.24, 2.45) is 5.73 Å². The number of hydrogen-bond acceptors (Lipinski definition) is 3. The summed E-state index contributed by atoms with van der Waals surface area (Å²) in [4.78, 5) is 5.10. The molecule has 2 N–H and O–H groups in total. The molecule has 1 aromatic rings. The highest BCUT2D eigenvalue weighted by molar-refractivity contribution is 5.27. The first-order valence-corrected chi connectivity index (χ1v) is 7.70. The molecule has 2 aliphatic heterocycles. The van der Waals surface area contributed by atoms with Crippen LogP contribution in [0.1, 0.15) is 30.4 Å². The molecule has 2 aliphatic rings. The Kier molecular flexibility index (Phi) is 4.34. The molecule has 3 nitrogen and oxygen atoms in total. The van der Waals surface area contributed by atoms with Gasteiger partial charge in [-0.1, -0.05) is 6.07 Å². The fourth-order valence-electron chi connectivity index (χ4n) is 3.61. The minimum absolute atomic E-state index is 0.158. The Morgan fingerprint density at radius 2 is 2.00 bits per heavy atom. The standard InChI is InChI=1S/C16H24FN3/c17-15-5-4-13(10-18)14(9-15)11-19-6-2-8-20-7-1-3-16(20)12-19/h4-5,9,16H,1-3,6-8,10-12,18H2. The van der Waals surface area contributed by atoms with Crippen molar-refractivity contribution >= 4 is 0 Å². The molecule has 4 heteroatoms. The summed E-state index contributed by atoms with van der Waals surface area (Å²) in [6.45, 7) is 6.00. The molecule has 1 aromatic carbocycles. The Morgan fingerprint density at radius 3 is 2.85 bits per heavy atom. The number of hydrogen-bond donors (Lipinski definition) is 1. The van der Waals surface area contributed by atoms with E-state index in [1.54, 1.807) is 6.07 Å². The quantitative estimate of drug-likeness (QED) is 0.916. The first kappa shape index (κ1) is 14.0. The number of rotatable bonds is 3. The summed E-state index contributed by atoms with van der Waals surface area (Å²) >= 11 is 0. The molecule has 2 heterocycles. The number of fused-ring (bicyclic) bond motifs is 1. The third kappa shape index (κ3) is 3.03. The van der Waals surface area contributed by atoms with Crippen LogP contribution in [-0.4, -0.2) is 42.0 Å². The molecule has 110 valence electrons. The molecule has 1 atom stereocenters. The molecule has 1 unspecified atom stereocenters. The van der Waals surface area contributed by atoms with Crippen molar-refractivity contribution < 1.29 is 4.39 Å². The van der Waals surface area contributed by atoms with E-state index in [0.29, 0.717) is 12.6 Å². The Balaban J connectivity index is 1.72. The summed E-state index contributed by atoms with van der Waals surface area (Å²) in [5.74, 6) is -0.158. The zero-order valence-electron chi connectivity index (χ0n) is 12.0. The molecule has 2 saturated heterocycles. The molecule has 0 saturated carbocycles. The Labute approximate surface area is 120 Å². The first-order valence-electron chi connectivity index (χ1n) is 7.70. The maximum absolute atomic E-state index is 13.5. The van der Waals surface area contributed by atoms with Crippen LogP contribution in [0.2, 0.25) is 0 Å². The summed E-state index contributed by atoms with van der Waals surface area (Å²) in [5, 5.41) is 0. The molecule has 0 aliphatic carbocycles. The second kappa shape index (κ2) is 6.20. The van der Waals surface area contributed by atoms with Crippen molar-refractivity contribution in [3.8, 4) is 0 Å². The van der Waals surface area contributed by atoms with Gasteiger partial charge in [-0.3, -0.25) is 9.80 Å². The fourth-order valence-corrected chi connectivity index (χ4v) is 3.61. The molecule has 0 amide bonds. The van der Waals surface area contributed by atoms with E-state index in [1.807, 2.05) is 6.07 Å². The Hall–Kier alpha value is -0.970. The summed E-state index contributed by atoms with van der Waals surface area (Å²) < 4.78 is 13.5. The van der Waals surface area contributed by atoms with Gasteiger partial charge in [-0.2, -0.15) is 0 Å². The van der Waals surface area contributed by atoms with Crippen molar-refractivity contribution in [3.05, 3.63) is 35.1 Å². The van der Waals surface area contributed by atoms with E-state index in [2.05, 4.69) is 9.80 Å². The smallest absolute Gasteiger partial charge is 0.123 e. The maximum atomic E-state index is 13.5. The van der Waals surface area contributed by atoms with Gasteiger partial charge in [0.15, 0.2) is 0 Å². The van der Waals surface area contributed by atoms with Crippen LogP contribution in [-0.2, 0) is 13.1 Å². The van der Waals surface area contributed by atoms with E-state index in [-0.39, 0.29) is 5.82 Å². The molecular formula is C16H24FN3. The van der Waals surface area contributed by atoms with E-state index in [4.69, 9.17) is 5.73 Å². The zero-order valence-corrected chi connectivity index (χ0v) is 12.0. The summed E-state index contributed by atoms with van der Waals surface area (Å²) in [6, 6.07) is 5.68. The normalized spacial score (nSPS) is 24.6. The van der Waals surface area contributed by atoms with Crippen LogP contribution < -0.4 is 5.73 Å². The van der Waals surface area contributed by atoms with Gasteiger partial charge in [-0.25, -0.2) is 4.39 Å². The molecule has 0 bridgehead atoms. The minimum atomic E-state index is -0.158. The van der Waals surface area contributed by atoms with Crippen LogP contribution in [0.15, 0.2) is 18.2 Å². The van der Waals surface area contributed by atoms with E-state index < -0.39 is 0 Å². The van der Waals surface area contributed by atoms with Crippen LogP contribution >= 0.6 is 0 Å². The van der Waals surface area contributed by atoms with Crippen LogP contribution in [0.3, 0.4) is 0 Å². The predicted molar refractivity (Wildman–Crippen MR) is 78.8 cm³/mol. The van der Waals surface area contributed by atoms with Gasteiger partial charge in [0.05, 0.1) is 0 Å². The third-order valence-corrected chi connectivity index (χ3v) is 4.67. The average molecular weight is 277 g/mol. The second-order valence-corrected chi connectivity index (χ2v) is 6.04. The van der Waals surface area contributed by atoms with Crippen LogP contribution in [0.25, 0.3) is 0 Å². The van der Waals surface area contributed by atoms with E-state index in [0.717, 1.165) is 30.8 Å². The molecule has 0 radical (unpaired) electrons. The predicted octanol–water partition coefficient (Wildman–Crippen LogP) is 1.95. The highest BCUT2D eigenvalue weighted by Gasteiger charge is 2.28. The summed E-state index contributed by atoms with van der Waals surface area (Å²) in [5.41, 5.74) is 7.90. The highest BCUT2D eigenvalue weighted by Crippen LogP contribution is 2.23. The molecule has 2 fully saturated rings. The van der Waals surface area contributed by atoms with Crippen molar-refractivity contribution in [3.63, 3.8) is 0 Å². The lowest BCUT2D eigenvalue weighted by molar-refractivity contribution is 0.215. The third-order valence-electron chi connectivity index (χ3n) is 4.67. The van der Waals surface area contributed by atoms with Gasteiger partial charge in [0.1, 0.15) is 5.82 Å². The molecule has 3 rings (SSSR count). The van der Waals surface area contributed by atoms with Crippen molar-refractivity contribution in [2.75, 3.05) is 26.2 Å². The Bertz CT molecular complexity index is 463. The number of nitrogens with two attached hydrogens (primary N) is 1. The lowest BCUT2D eigenvalue weighted by Crippen LogP contribution is -2.36. The van der Waals surface area contributed by atoms with Gasteiger partial charge in [-0.05, 0) is 62.2 Å². The van der Waals surface area contributed by atoms with E-state index in [9.17, 15) is 4.39 Å². The molecular weight excluding hydrogens is 253 g/mol. The summed E-state index contributed by atoms with van der Waals surface area (Å²) in [6.07, 6.45) is 3.85. The van der Waals surface area contributed by atoms with Crippen LogP contribution in [0, 0.1) is 5.82 Å². The van der Waals surface area contributed by atoms with Gasteiger partial charge >= 0.3 is 0 Å². The van der Waals surface area contributed by atoms with Gasteiger partial charge in [0, 0.05) is 25.7 Å². The van der Waals surface area contributed by atoms with E-state index >= 15 is 0 Å². The Morgan fingerprint density at radius 1 is 1.15 bits per heavy atom. The van der Waals surface area contributed by atoms with Gasteiger partial charge in [0.2, 0.25) is 0 Å². The van der Waals surface area contributed by atoms with Gasteiger partial charge in [0.25, 0.3) is 0 Å². The molecule has 0 aromatic heterocycles. The van der Waals surface area contributed by atoms with Gasteiger partial charge in [-0.15, -0.1) is 0 Å². The fraction of sp³-hybridized carbons (Fsp3) is 0.625. The number of nitrogens with zero attached hydrogens (tertiary/aromatic N) is 2. The van der Waals surface area contributed by atoms with Crippen molar-refractivity contribution in [1.29, 1.82) is 0 Å². The number of benzene rings is 1. The average Bonchev–Trinajstić information content (AvgIpc) is 2.78.